The summed E-state index contributed by atoms with van der Waals surface area (Å²) in [6, 6.07) is 5.71. The molecule has 1 atom stereocenters. The third-order valence-electron chi connectivity index (χ3n) is 2.93. The summed E-state index contributed by atoms with van der Waals surface area (Å²) < 4.78 is 5.28. The molecule has 1 unspecified atom stereocenters. The quantitative estimate of drug-likeness (QED) is 0.753. The van der Waals surface area contributed by atoms with Crippen molar-refractivity contribution in [2.45, 2.75) is 19.4 Å². The van der Waals surface area contributed by atoms with E-state index in [9.17, 15) is 4.79 Å². The van der Waals surface area contributed by atoms with E-state index in [-0.39, 0.29) is 5.78 Å². The number of aromatic nitrogens is 1. The lowest BCUT2D eigenvalue weighted by molar-refractivity contribution is 0.0764. The van der Waals surface area contributed by atoms with Crippen LogP contribution in [0.1, 0.15) is 23.8 Å². The van der Waals surface area contributed by atoms with Crippen molar-refractivity contribution in [1.82, 2.24) is 4.98 Å². The van der Waals surface area contributed by atoms with Crippen LogP contribution in [0.3, 0.4) is 0 Å². The molecule has 0 aliphatic carbocycles. The number of ether oxygens (including phenoxy) is 1. The van der Waals surface area contributed by atoms with Crippen LogP contribution in [0.5, 0.6) is 0 Å². The van der Waals surface area contributed by atoms with Gasteiger partial charge in [-0.05, 0) is 12.1 Å². The molecular weight excluding hydrogens is 230 g/mol. The summed E-state index contributed by atoms with van der Waals surface area (Å²) in [6.45, 7) is 3.63. The predicted molar refractivity (Wildman–Crippen MR) is 66.4 cm³/mol. The molecule has 0 radical (unpaired) electrons. The van der Waals surface area contributed by atoms with E-state index >= 15 is 0 Å². The van der Waals surface area contributed by atoms with Gasteiger partial charge in [0.2, 0.25) is 0 Å². The van der Waals surface area contributed by atoms with E-state index in [1.807, 2.05) is 17.9 Å². The van der Waals surface area contributed by atoms with Crippen LogP contribution >= 0.6 is 0 Å². The Bertz CT molecular complexity index is 464. The maximum Gasteiger partial charge on any atom is 0.180 e. The normalized spacial score (nSPS) is 19.3. The van der Waals surface area contributed by atoms with Crippen molar-refractivity contribution in [2.75, 3.05) is 24.6 Å². The molecule has 1 aliphatic heterocycles. The topological polar surface area (TPSA) is 66.2 Å². The van der Waals surface area contributed by atoms with Crippen LogP contribution in [0.2, 0.25) is 0 Å². The second-order valence-electron chi connectivity index (χ2n) is 4.11. The van der Waals surface area contributed by atoms with Crippen LogP contribution in [-0.2, 0) is 4.74 Å². The Balaban J connectivity index is 2.10. The number of nitriles is 1. The number of hydrogen-bond acceptors (Lipinski definition) is 5. The number of morpholine rings is 1. The minimum absolute atomic E-state index is 0.0402. The lowest BCUT2D eigenvalue weighted by atomic mass is 10.2. The molecule has 1 aromatic rings. The summed E-state index contributed by atoms with van der Waals surface area (Å²) in [5.74, 6) is 0.0402. The van der Waals surface area contributed by atoms with Crippen molar-refractivity contribution >= 4 is 11.5 Å². The Hall–Kier alpha value is -1.93. The number of carbonyl (C=O) groups is 1. The molecule has 1 fully saturated rings. The van der Waals surface area contributed by atoms with Crippen molar-refractivity contribution < 1.29 is 9.53 Å². The van der Waals surface area contributed by atoms with Crippen LogP contribution < -0.4 is 4.90 Å². The van der Waals surface area contributed by atoms with E-state index in [0.717, 1.165) is 12.2 Å². The van der Waals surface area contributed by atoms with Gasteiger partial charge in [-0.1, -0.05) is 6.92 Å². The van der Waals surface area contributed by atoms with E-state index in [1.54, 1.807) is 12.3 Å². The van der Waals surface area contributed by atoms with Gasteiger partial charge in [0.1, 0.15) is 5.69 Å². The molecule has 5 heteroatoms. The first-order valence-electron chi connectivity index (χ1n) is 6.00. The number of nitrogens with zero attached hydrogens (tertiary/aromatic N) is 3. The van der Waals surface area contributed by atoms with Crippen molar-refractivity contribution in [3.05, 3.63) is 24.0 Å². The highest BCUT2D eigenvalue weighted by Crippen LogP contribution is 2.17. The Labute approximate surface area is 106 Å². The van der Waals surface area contributed by atoms with Gasteiger partial charge in [-0.2, -0.15) is 5.26 Å². The average Bonchev–Trinajstić information content (AvgIpc) is 2.46. The number of anilines is 1. The Morgan fingerprint density at radius 1 is 1.67 bits per heavy atom. The van der Waals surface area contributed by atoms with E-state index in [1.165, 1.54) is 0 Å². The lowest BCUT2D eigenvalue weighted by Crippen LogP contribution is -2.41. The second-order valence-corrected chi connectivity index (χ2v) is 4.11. The van der Waals surface area contributed by atoms with Crippen LogP contribution in [0.4, 0.5) is 5.69 Å². The molecule has 1 aromatic heterocycles. The van der Waals surface area contributed by atoms with Crippen LogP contribution in [-0.4, -0.2) is 36.6 Å². The molecule has 5 nitrogen and oxygen atoms in total. The number of Topliss-reactive ketones (excluding diaryl/α,β-unsaturated/α-hetero) is 1. The molecular formula is C13H15N3O2. The zero-order chi connectivity index (χ0) is 13.0. The summed E-state index contributed by atoms with van der Waals surface area (Å²) in [5, 5.41) is 8.84. The molecule has 18 heavy (non-hydrogen) atoms. The van der Waals surface area contributed by atoms with Gasteiger partial charge < -0.3 is 9.64 Å². The molecule has 0 N–H and O–H groups in total. The maximum absolute atomic E-state index is 11.5. The molecule has 0 spiro atoms. The first-order valence-corrected chi connectivity index (χ1v) is 6.00. The molecule has 0 amide bonds. The number of rotatable bonds is 3. The first-order chi connectivity index (χ1) is 8.74. The summed E-state index contributed by atoms with van der Waals surface area (Å²) in [4.78, 5) is 17.7. The zero-order valence-electron chi connectivity index (χ0n) is 10.3. The summed E-state index contributed by atoms with van der Waals surface area (Å²) in [5.41, 5.74) is 1.41. The van der Waals surface area contributed by atoms with Crippen LogP contribution in [0.25, 0.3) is 0 Å². The molecule has 2 heterocycles. The van der Waals surface area contributed by atoms with Gasteiger partial charge in [0.05, 0.1) is 31.1 Å². The van der Waals surface area contributed by atoms with Gasteiger partial charge in [0, 0.05) is 13.0 Å². The van der Waals surface area contributed by atoms with Gasteiger partial charge in [0.25, 0.3) is 0 Å². The predicted octanol–water partition coefficient (Wildman–Crippen LogP) is 1.40. The fourth-order valence-corrected chi connectivity index (χ4v) is 1.88. The van der Waals surface area contributed by atoms with Gasteiger partial charge >= 0.3 is 0 Å². The number of ketones is 1. The third-order valence-corrected chi connectivity index (χ3v) is 2.93. The van der Waals surface area contributed by atoms with E-state index in [0.29, 0.717) is 25.3 Å². The fraction of sp³-hybridized carbons (Fsp3) is 0.462. The van der Waals surface area contributed by atoms with Crippen LogP contribution in [0, 0.1) is 11.3 Å². The molecule has 0 saturated carbocycles. The SMILES string of the molecule is CCC(=O)c1ccc(N2CCOC(C#N)C2)cn1. The number of pyridine rings is 1. The van der Waals surface area contributed by atoms with Crippen molar-refractivity contribution in [2.24, 2.45) is 0 Å². The molecule has 0 aromatic carbocycles. The van der Waals surface area contributed by atoms with Crippen LogP contribution in [0.15, 0.2) is 18.3 Å². The monoisotopic (exact) mass is 245 g/mol. The fourth-order valence-electron chi connectivity index (χ4n) is 1.88. The van der Waals surface area contributed by atoms with E-state index < -0.39 is 6.10 Å². The maximum atomic E-state index is 11.5. The third kappa shape index (κ3) is 2.66. The minimum Gasteiger partial charge on any atom is -0.364 e. The van der Waals surface area contributed by atoms with Gasteiger partial charge in [-0.3, -0.25) is 9.78 Å². The van der Waals surface area contributed by atoms with E-state index in [4.69, 9.17) is 10.00 Å². The Morgan fingerprint density at radius 3 is 3.11 bits per heavy atom. The second kappa shape index (κ2) is 5.61. The number of hydrogen-bond donors (Lipinski definition) is 0. The summed E-state index contributed by atoms with van der Waals surface area (Å²) in [7, 11) is 0. The highest BCUT2D eigenvalue weighted by Gasteiger charge is 2.20. The Kier molecular flexibility index (Phi) is 3.90. The lowest BCUT2D eigenvalue weighted by Gasteiger charge is -2.31. The number of carbonyl (C=O) groups excluding carboxylic acids is 1. The average molecular weight is 245 g/mol. The minimum atomic E-state index is -0.393. The highest BCUT2D eigenvalue weighted by atomic mass is 16.5. The summed E-state index contributed by atoms with van der Waals surface area (Å²) in [6.07, 6.45) is 1.75. The zero-order valence-corrected chi connectivity index (χ0v) is 10.3. The standard InChI is InChI=1S/C13H15N3O2/c1-2-13(17)12-4-3-10(8-15-12)16-5-6-18-11(7-14)9-16/h3-4,8,11H,2,5-6,9H2,1H3. The summed E-state index contributed by atoms with van der Waals surface area (Å²) >= 11 is 0. The van der Waals surface area contributed by atoms with Gasteiger partial charge in [-0.25, -0.2) is 0 Å². The van der Waals surface area contributed by atoms with Crippen molar-refractivity contribution in [3.8, 4) is 6.07 Å². The van der Waals surface area contributed by atoms with Crippen molar-refractivity contribution in [1.29, 1.82) is 5.26 Å². The Morgan fingerprint density at radius 2 is 2.50 bits per heavy atom. The largest absolute Gasteiger partial charge is 0.364 e. The molecule has 2 rings (SSSR count). The molecule has 1 saturated heterocycles. The highest BCUT2D eigenvalue weighted by molar-refractivity contribution is 5.94. The van der Waals surface area contributed by atoms with Crippen molar-refractivity contribution in [3.63, 3.8) is 0 Å². The van der Waals surface area contributed by atoms with E-state index in [2.05, 4.69) is 11.1 Å². The molecule has 1 aliphatic rings. The molecule has 0 bridgehead atoms. The molecule has 94 valence electrons. The van der Waals surface area contributed by atoms with Gasteiger partial charge in [-0.15, -0.1) is 0 Å². The smallest absolute Gasteiger partial charge is 0.180 e. The van der Waals surface area contributed by atoms with Gasteiger partial charge in [0.15, 0.2) is 11.9 Å². The first kappa shape index (κ1) is 12.5.